The van der Waals surface area contributed by atoms with Crippen molar-refractivity contribution in [1.29, 1.82) is 0 Å². The van der Waals surface area contributed by atoms with Crippen LogP contribution in [0.25, 0.3) is 0 Å². The highest BCUT2D eigenvalue weighted by atomic mass is 16.5. The molecule has 0 aliphatic carbocycles. The molecule has 2 N–H and O–H groups in total. The number of methoxy groups -OCH3 is 1. The summed E-state index contributed by atoms with van der Waals surface area (Å²) in [5.74, 6) is -0.569. The zero-order valence-electron chi connectivity index (χ0n) is 11.5. The molecule has 0 fully saturated rings. The van der Waals surface area contributed by atoms with Crippen molar-refractivity contribution in [1.82, 2.24) is 0 Å². The molecule has 0 saturated carbocycles. The number of hydrogen-bond acceptors (Lipinski definition) is 4. The van der Waals surface area contributed by atoms with Crippen molar-refractivity contribution in [3.05, 3.63) is 59.7 Å². The molecule has 1 unspecified atom stereocenters. The van der Waals surface area contributed by atoms with E-state index in [2.05, 4.69) is 0 Å². The molecule has 0 aliphatic heterocycles. The van der Waals surface area contributed by atoms with E-state index < -0.39 is 12.1 Å². The van der Waals surface area contributed by atoms with Crippen LogP contribution < -0.4 is 9.47 Å². The zero-order valence-corrected chi connectivity index (χ0v) is 11.5. The fourth-order valence-electron chi connectivity index (χ4n) is 1.89. The van der Waals surface area contributed by atoms with Crippen LogP contribution in [0.15, 0.2) is 48.5 Å². The van der Waals surface area contributed by atoms with Gasteiger partial charge in [-0.1, -0.05) is 30.3 Å². The quantitative estimate of drug-likeness (QED) is 0.853. The Labute approximate surface area is 122 Å². The molecule has 5 heteroatoms. The monoisotopic (exact) mass is 288 g/mol. The van der Waals surface area contributed by atoms with Gasteiger partial charge in [0.1, 0.15) is 18.1 Å². The molecule has 0 heterocycles. The van der Waals surface area contributed by atoms with Crippen LogP contribution in [0.3, 0.4) is 0 Å². The molecule has 0 amide bonds. The van der Waals surface area contributed by atoms with Crippen LogP contribution in [0, 0.1) is 0 Å². The van der Waals surface area contributed by atoms with Gasteiger partial charge in [-0.2, -0.15) is 0 Å². The summed E-state index contributed by atoms with van der Waals surface area (Å²) in [7, 11) is 1.41. The first-order valence-electron chi connectivity index (χ1n) is 6.37. The molecule has 0 spiro atoms. The summed E-state index contributed by atoms with van der Waals surface area (Å²) < 4.78 is 10.7. The highest BCUT2D eigenvalue weighted by molar-refractivity contribution is 5.75. The van der Waals surface area contributed by atoms with Crippen LogP contribution in [-0.2, 0) is 11.4 Å². The van der Waals surface area contributed by atoms with Gasteiger partial charge >= 0.3 is 5.97 Å². The number of rotatable bonds is 6. The molecule has 2 rings (SSSR count). The van der Waals surface area contributed by atoms with Crippen molar-refractivity contribution >= 4 is 5.97 Å². The van der Waals surface area contributed by atoms with Gasteiger partial charge in [0.15, 0.2) is 6.10 Å². The van der Waals surface area contributed by atoms with Gasteiger partial charge in [-0.25, -0.2) is 4.79 Å². The highest BCUT2D eigenvalue weighted by Gasteiger charge is 2.21. The average Bonchev–Trinajstić information content (AvgIpc) is 2.52. The van der Waals surface area contributed by atoms with Crippen LogP contribution >= 0.6 is 0 Å². The summed E-state index contributed by atoms with van der Waals surface area (Å²) in [5.41, 5.74) is 1.16. The van der Waals surface area contributed by atoms with Gasteiger partial charge in [-0.15, -0.1) is 0 Å². The van der Waals surface area contributed by atoms with Crippen molar-refractivity contribution in [2.45, 2.75) is 12.7 Å². The lowest BCUT2D eigenvalue weighted by molar-refractivity contribution is -0.147. The molecule has 0 radical (unpaired) electrons. The number of aliphatic hydroxyl groups excluding tert-OH is 1. The number of benzene rings is 2. The number of hydrogen-bond donors (Lipinski definition) is 2. The summed E-state index contributed by atoms with van der Waals surface area (Å²) in [4.78, 5) is 10.9. The smallest absolute Gasteiger partial charge is 0.337 e. The fraction of sp³-hybridized carbons (Fsp3) is 0.188. The third-order valence-electron chi connectivity index (χ3n) is 2.98. The lowest BCUT2D eigenvalue weighted by Crippen LogP contribution is -2.12. The third kappa shape index (κ3) is 3.73. The number of ether oxygens (including phenoxy) is 2. The van der Waals surface area contributed by atoms with E-state index in [1.165, 1.54) is 13.2 Å². The van der Waals surface area contributed by atoms with E-state index in [0.717, 1.165) is 5.56 Å². The predicted octanol–water partition coefficient (Wildman–Crippen LogP) is 2.39. The minimum Gasteiger partial charge on any atom is -0.496 e. The first-order valence-corrected chi connectivity index (χ1v) is 6.37. The van der Waals surface area contributed by atoms with Crippen LogP contribution in [-0.4, -0.2) is 23.3 Å². The fourth-order valence-corrected chi connectivity index (χ4v) is 1.89. The maximum Gasteiger partial charge on any atom is 0.337 e. The Morgan fingerprint density at radius 2 is 1.90 bits per heavy atom. The van der Waals surface area contributed by atoms with E-state index in [1.807, 2.05) is 30.3 Å². The Hall–Kier alpha value is -2.53. The van der Waals surface area contributed by atoms with E-state index in [-0.39, 0.29) is 5.56 Å². The molecule has 0 saturated heterocycles. The second-order valence-corrected chi connectivity index (χ2v) is 4.42. The van der Waals surface area contributed by atoms with Crippen molar-refractivity contribution in [2.75, 3.05) is 7.11 Å². The molecule has 2 aromatic carbocycles. The Balaban J connectivity index is 2.17. The van der Waals surface area contributed by atoms with Gasteiger partial charge in [0.25, 0.3) is 0 Å². The number of aliphatic hydroxyl groups is 1. The first-order chi connectivity index (χ1) is 10.1. The van der Waals surface area contributed by atoms with Crippen molar-refractivity contribution in [2.24, 2.45) is 0 Å². The summed E-state index contributed by atoms with van der Waals surface area (Å²) in [5, 5.41) is 18.6. The van der Waals surface area contributed by atoms with E-state index in [4.69, 9.17) is 14.6 Å². The molecule has 2 aromatic rings. The maximum atomic E-state index is 10.9. The molecular weight excluding hydrogens is 272 g/mol. The van der Waals surface area contributed by atoms with Crippen LogP contribution in [0.4, 0.5) is 0 Å². The van der Waals surface area contributed by atoms with Gasteiger partial charge in [-0.3, -0.25) is 0 Å². The van der Waals surface area contributed by atoms with Crippen molar-refractivity contribution in [3.8, 4) is 11.5 Å². The average molecular weight is 288 g/mol. The second kappa shape index (κ2) is 6.76. The first kappa shape index (κ1) is 14.9. The predicted molar refractivity (Wildman–Crippen MR) is 76.4 cm³/mol. The van der Waals surface area contributed by atoms with Gasteiger partial charge in [0, 0.05) is 5.56 Å². The number of aliphatic carboxylic acids is 1. The van der Waals surface area contributed by atoms with E-state index in [9.17, 15) is 9.90 Å². The minimum absolute atomic E-state index is 0.163. The zero-order chi connectivity index (χ0) is 15.2. The molecular formula is C16H16O5. The van der Waals surface area contributed by atoms with Crippen LogP contribution in [0.1, 0.15) is 17.2 Å². The lowest BCUT2D eigenvalue weighted by Gasteiger charge is -2.14. The second-order valence-electron chi connectivity index (χ2n) is 4.42. The maximum absolute atomic E-state index is 10.9. The summed E-state index contributed by atoms with van der Waals surface area (Å²) in [6.45, 7) is 0.357. The molecule has 5 nitrogen and oxygen atoms in total. The van der Waals surface area contributed by atoms with Crippen LogP contribution in [0.5, 0.6) is 11.5 Å². The Kier molecular flexibility index (Phi) is 4.79. The lowest BCUT2D eigenvalue weighted by atomic mass is 10.1. The Morgan fingerprint density at radius 1 is 1.19 bits per heavy atom. The Bertz CT molecular complexity index is 609. The van der Waals surface area contributed by atoms with Gasteiger partial charge in [0.2, 0.25) is 0 Å². The molecule has 110 valence electrons. The number of carbonyl (C=O) groups is 1. The van der Waals surface area contributed by atoms with Gasteiger partial charge in [0.05, 0.1) is 7.11 Å². The summed E-state index contributed by atoms with van der Waals surface area (Å²) in [6.07, 6.45) is -1.65. The molecule has 0 aromatic heterocycles. The van der Waals surface area contributed by atoms with Crippen LogP contribution in [0.2, 0.25) is 0 Å². The van der Waals surface area contributed by atoms with Gasteiger partial charge in [-0.05, 0) is 23.8 Å². The van der Waals surface area contributed by atoms with Gasteiger partial charge < -0.3 is 19.7 Å². The SMILES string of the molecule is COc1ccc(OCc2ccccc2)cc1C(O)C(=O)O. The minimum atomic E-state index is -1.65. The topological polar surface area (TPSA) is 76.0 Å². The number of carboxylic acids is 1. The molecule has 21 heavy (non-hydrogen) atoms. The largest absolute Gasteiger partial charge is 0.496 e. The normalized spacial score (nSPS) is 11.7. The van der Waals surface area contributed by atoms with Crippen molar-refractivity contribution in [3.63, 3.8) is 0 Å². The number of carboxylic acid groups (broad SMARTS) is 1. The molecule has 0 aliphatic rings. The molecule has 0 bridgehead atoms. The van der Waals surface area contributed by atoms with E-state index in [0.29, 0.717) is 18.1 Å². The third-order valence-corrected chi connectivity index (χ3v) is 2.98. The molecule has 1 atom stereocenters. The van der Waals surface area contributed by atoms with E-state index in [1.54, 1.807) is 12.1 Å². The summed E-state index contributed by atoms with van der Waals surface area (Å²) >= 11 is 0. The summed E-state index contributed by atoms with van der Waals surface area (Å²) in [6, 6.07) is 14.3. The van der Waals surface area contributed by atoms with Crippen molar-refractivity contribution < 1.29 is 24.5 Å². The highest BCUT2D eigenvalue weighted by Crippen LogP contribution is 2.30. The Morgan fingerprint density at radius 3 is 2.52 bits per heavy atom. The van der Waals surface area contributed by atoms with E-state index >= 15 is 0 Å². The standard InChI is InChI=1S/C16H16O5/c1-20-14-8-7-12(9-13(14)15(17)16(18)19)21-10-11-5-3-2-4-6-11/h2-9,15,17H,10H2,1H3,(H,18,19).